The first kappa shape index (κ1) is 19.4. The Kier molecular flexibility index (Phi) is 6.33. The van der Waals surface area contributed by atoms with Crippen LogP contribution < -0.4 is 14.8 Å². The van der Waals surface area contributed by atoms with Crippen molar-refractivity contribution in [3.63, 3.8) is 0 Å². The Morgan fingerprint density at radius 2 is 1.88 bits per heavy atom. The van der Waals surface area contributed by atoms with E-state index < -0.39 is 15.9 Å². The molecule has 0 saturated heterocycles. The summed E-state index contributed by atoms with van der Waals surface area (Å²) in [4.78, 5) is 12.3. The van der Waals surface area contributed by atoms with E-state index in [1.807, 2.05) is 6.07 Å². The van der Waals surface area contributed by atoms with E-state index in [-0.39, 0.29) is 22.8 Å². The van der Waals surface area contributed by atoms with Crippen LogP contribution in [0.25, 0.3) is 0 Å². The standard InChI is InChI=1S/C18H19N3O4S/c1-3-20-26(23,24)17-12-14(6-9-16(17)25-2)18(22)21-15-7-4-13(5-8-15)10-11-19/h4-9,12,20H,3,10H2,1-2H3,(H,21,22). The van der Waals surface area contributed by atoms with E-state index >= 15 is 0 Å². The third kappa shape index (κ3) is 4.59. The lowest BCUT2D eigenvalue weighted by molar-refractivity contribution is 0.102. The van der Waals surface area contributed by atoms with Gasteiger partial charge in [0.2, 0.25) is 10.0 Å². The summed E-state index contributed by atoms with van der Waals surface area (Å²) in [6.07, 6.45) is 0.290. The molecule has 0 fully saturated rings. The summed E-state index contributed by atoms with van der Waals surface area (Å²) >= 11 is 0. The van der Waals surface area contributed by atoms with Crippen LogP contribution in [0.2, 0.25) is 0 Å². The summed E-state index contributed by atoms with van der Waals surface area (Å²) < 4.78 is 32.1. The lowest BCUT2D eigenvalue weighted by Gasteiger charge is -2.12. The van der Waals surface area contributed by atoms with E-state index in [0.29, 0.717) is 12.1 Å². The van der Waals surface area contributed by atoms with E-state index in [2.05, 4.69) is 10.0 Å². The number of methoxy groups -OCH3 is 1. The molecule has 0 spiro atoms. The highest BCUT2D eigenvalue weighted by Gasteiger charge is 2.21. The Morgan fingerprint density at radius 1 is 1.19 bits per heavy atom. The minimum atomic E-state index is -3.78. The van der Waals surface area contributed by atoms with Crippen molar-refractivity contribution in [3.8, 4) is 11.8 Å². The van der Waals surface area contributed by atoms with Gasteiger partial charge >= 0.3 is 0 Å². The molecule has 0 aliphatic carbocycles. The van der Waals surface area contributed by atoms with Crippen LogP contribution >= 0.6 is 0 Å². The quantitative estimate of drug-likeness (QED) is 0.774. The highest BCUT2D eigenvalue weighted by Crippen LogP contribution is 2.25. The maximum atomic E-state index is 12.4. The number of amides is 1. The number of rotatable bonds is 7. The zero-order valence-electron chi connectivity index (χ0n) is 14.4. The lowest BCUT2D eigenvalue weighted by Crippen LogP contribution is -2.24. The van der Waals surface area contributed by atoms with Gasteiger partial charge in [-0.15, -0.1) is 0 Å². The first-order chi connectivity index (χ1) is 12.4. The number of benzene rings is 2. The van der Waals surface area contributed by atoms with Crippen LogP contribution in [-0.2, 0) is 16.4 Å². The van der Waals surface area contributed by atoms with Crippen molar-refractivity contribution in [1.29, 1.82) is 5.26 Å². The van der Waals surface area contributed by atoms with Crippen molar-refractivity contribution in [2.45, 2.75) is 18.2 Å². The average Bonchev–Trinajstić information content (AvgIpc) is 2.63. The molecule has 0 radical (unpaired) electrons. The van der Waals surface area contributed by atoms with Gasteiger partial charge in [0, 0.05) is 17.8 Å². The van der Waals surface area contributed by atoms with Crippen molar-refractivity contribution >= 4 is 21.6 Å². The third-order valence-corrected chi connectivity index (χ3v) is 5.11. The molecule has 0 aromatic heterocycles. The van der Waals surface area contributed by atoms with Gasteiger partial charge in [-0.25, -0.2) is 13.1 Å². The van der Waals surface area contributed by atoms with Crippen molar-refractivity contribution < 1.29 is 17.9 Å². The average molecular weight is 373 g/mol. The third-order valence-electron chi connectivity index (χ3n) is 3.54. The Hall–Kier alpha value is -2.89. The molecule has 0 atom stereocenters. The summed E-state index contributed by atoms with van der Waals surface area (Å²) in [6, 6.07) is 13.1. The van der Waals surface area contributed by atoms with Gasteiger partial charge in [-0.1, -0.05) is 19.1 Å². The zero-order valence-corrected chi connectivity index (χ0v) is 15.3. The summed E-state index contributed by atoms with van der Waals surface area (Å²) in [5.74, 6) is -0.294. The lowest BCUT2D eigenvalue weighted by atomic mass is 10.1. The van der Waals surface area contributed by atoms with Crippen molar-refractivity contribution in [3.05, 3.63) is 53.6 Å². The molecule has 0 aliphatic rings. The number of ether oxygens (including phenoxy) is 1. The van der Waals surface area contributed by atoms with E-state index in [0.717, 1.165) is 5.56 Å². The van der Waals surface area contributed by atoms with Crippen molar-refractivity contribution in [2.24, 2.45) is 0 Å². The number of nitrogens with one attached hydrogen (secondary N) is 2. The monoisotopic (exact) mass is 373 g/mol. The van der Waals surface area contributed by atoms with Gasteiger partial charge in [-0.05, 0) is 35.9 Å². The van der Waals surface area contributed by atoms with Crippen molar-refractivity contribution in [1.82, 2.24) is 4.72 Å². The van der Waals surface area contributed by atoms with Crippen LogP contribution in [0.4, 0.5) is 5.69 Å². The number of anilines is 1. The van der Waals surface area contributed by atoms with Crippen LogP contribution in [0.15, 0.2) is 47.4 Å². The first-order valence-corrected chi connectivity index (χ1v) is 9.34. The zero-order chi connectivity index (χ0) is 19.2. The number of carbonyl (C=O) groups excluding carboxylic acids is 1. The molecular formula is C18H19N3O4S. The van der Waals surface area contributed by atoms with Crippen LogP contribution in [0.1, 0.15) is 22.8 Å². The van der Waals surface area contributed by atoms with Crippen LogP contribution in [0.5, 0.6) is 5.75 Å². The second-order valence-electron chi connectivity index (χ2n) is 5.35. The fourth-order valence-corrected chi connectivity index (χ4v) is 3.53. The molecular weight excluding hydrogens is 354 g/mol. The molecule has 136 valence electrons. The number of carbonyl (C=O) groups is 1. The fraction of sp³-hybridized carbons (Fsp3) is 0.222. The van der Waals surface area contributed by atoms with Crippen LogP contribution in [0.3, 0.4) is 0 Å². The molecule has 2 aromatic carbocycles. The Morgan fingerprint density at radius 3 is 2.46 bits per heavy atom. The maximum absolute atomic E-state index is 12.4. The van der Waals surface area contributed by atoms with Gasteiger partial charge in [-0.2, -0.15) is 5.26 Å². The normalized spacial score (nSPS) is 10.8. The van der Waals surface area contributed by atoms with Gasteiger partial charge < -0.3 is 10.1 Å². The van der Waals surface area contributed by atoms with Crippen molar-refractivity contribution in [2.75, 3.05) is 19.0 Å². The molecule has 2 rings (SSSR count). The van der Waals surface area contributed by atoms with E-state index in [1.54, 1.807) is 31.2 Å². The van der Waals surface area contributed by atoms with Gasteiger partial charge in [0.1, 0.15) is 10.6 Å². The molecule has 0 heterocycles. The molecule has 1 amide bonds. The molecule has 2 aromatic rings. The number of nitriles is 1. The van der Waals surface area contributed by atoms with E-state index in [1.165, 1.54) is 25.3 Å². The smallest absolute Gasteiger partial charge is 0.255 e. The Balaban J connectivity index is 2.28. The minimum absolute atomic E-state index is 0.0983. The first-order valence-electron chi connectivity index (χ1n) is 7.86. The van der Waals surface area contributed by atoms with Gasteiger partial charge in [0.15, 0.2) is 0 Å². The molecule has 2 N–H and O–H groups in total. The van der Waals surface area contributed by atoms with Gasteiger partial charge in [0.25, 0.3) is 5.91 Å². The van der Waals surface area contributed by atoms with Crippen LogP contribution in [0, 0.1) is 11.3 Å². The summed E-state index contributed by atoms with van der Waals surface area (Å²) in [6.45, 7) is 1.88. The number of nitrogens with zero attached hydrogens (tertiary/aromatic N) is 1. The second-order valence-corrected chi connectivity index (χ2v) is 7.09. The van der Waals surface area contributed by atoms with Crippen LogP contribution in [-0.4, -0.2) is 28.0 Å². The molecule has 8 heteroatoms. The Labute approximate surface area is 152 Å². The maximum Gasteiger partial charge on any atom is 0.255 e. The Bertz CT molecular complexity index is 932. The van der Waals surface area contributed by atoms with E-state index in [9.17, 15) is 13.2 Å². The number of sulfonamides is 1. The van der Waals surface area contributed by atoms with Gasteiger partial charge in [0.05, 0.1) is 19.6 Å². The summed E-state index contributed by atoms with van der Waals surface area (Å²) in [5, 5.41) is 11.4. The predicted octanol–water partition coefficient (Wildman–Crippen LogP) is 2.31. The summed E-state index contributed by atoms with van der Waals surface area (Å²) in [7, 11) is -2.42. The molecule has 0 unspecified atom stereocenters. The molecule has 0 bridgehead atoms. The second kappa shape index (κ2) is 8.47. The summed E-state index contributed by atoms with van der Waals surface area (Å²) in [5.41, 5.74) is 1.57. The fourth-order valence-electron chi connectivity index (χ4n) is 2.30. The number of hydrogen-bond donors (Lipinski definition) is 2. The van der Waals surface area contributed by atoms with Gasteiger partial charge in [-0.3, -0.25) is 4.79 Å². The molecule has 7 nitrogen and oxygen atoms in total. The largest absolute Gasteiger partial charge is 0.495 e. The van der Waals surface area contributed by atoms with E-state index in [4.69, 9.17) is 10.00 Å². The predicted molar refractivity (Wildman–Crippen MR) is 97.6 cm³/mol. The topological polar surface area (TPSA) is 108 Å². The molecule has 26 heavy (non-hydrogen) atoms. The molecule has 0 saturated carbocycles. The number of hydrogen-bond acceptors (Lipinski definition) is 5. The highest BCUT2D eigenvalue weighted by atomic mass is 32.2. The SMILES string of the molecule is CCNS(=O)(=O)c1cc(C(=O)Nc2ccc(CC#N)cc2)ccc1OC. The molecule has 0 aliphatic heterocycles. The highest BCUT2D eigenvalue weighted by molar-refractivity contribution is 7.89. The minimum Gasteiger partial charge on any atom is -0.495 e.